The van der Waals surface area contributed by atoms with Crippen molar-refractivity contribution in [2.45, 2.75) is 6.54 Å². The Hall–Kier alpha value is -2.46. The summed E-state index contributed by atoms with van der Waals surface area (Å²) >= 11 is 13.1. The molecule has 2 aromatic carbocycles. The molecule has 3 rings (SSSR count). The number of thioether (sulfide) groups is 1. The van der Waals surface area contributed by atoms with E-state index < -0.39 is 5.91 Å². The van der Waals surface area contributed by atoms with Crippen LogP contribution in [0, 0.1) is 11.3 Å². The van der Waals surface area contributed by atoms with Crippen molar-refractivity contribution in [1.82, 2.24) is 4.90 Å². The summed E-state index contributed by atoms with van der Waals surface area (Å²) in [5, 5.41) is 8.94. The van der Waals surface area contributed by atoms with Crippen LogP contribution in [0.3, 0.4) is 0 Å². The summed E-state index contributed by atoms with van der Waals surface area (Å²) < 4.78 is 5.18. The van der Waals surface area contributed by atoms with Crippen molar-refractivity contribution >= 4 is 52.2 Å². The Morgan fingerprint density at radius 1 is 1.11 bits per heavy atom. The lowest BCUT2D eigenvalue weighted by Crippen LogP contribution is -2.27. The van der Waals surface area contributed by atoms with E-state index in [0.29, 0.717) is 26.3 Å². The molecule has 1 aliphatic rings. The van der Waals surface area contributed by atoms with Crippen molar-refractivity contribution in [1.29, 1.82) is 5.26 Å². The van der Waals surface area contributed by atoms with Gasteiger partial charge in [0.1, 0.15) is 11.8 Å². The Bertz CT molecular complexity index is 948. The molecule has 0 aliphatic carbocycles. The monoisotopic (exact) mass is 418 g/mol. The molecule has 0 N–H and O–H groups in total. The molecule has 0 saturated carbocycles. The van der Waals surface area contributed by atoms with Crippen LogP contribution in [0.25, 0.3) is 6.08 Å². The molecular formula is C19H12Cl2N2O3S. The minimum atomic E-state index is -0.397. The maximum absolute atomic E-state index is 12.6. The van der Waals surface area contributed by atoms with Gasteiger partial charge in [0.05, 0.1) is 11.4 Å². The van der Waals surface area contributed by atoms with Gasteiger partial charge >= 0.3 is 0 Å². The second-order valence-corrected chi connectivity index (χ2v) is 7.29. The summed E-state index contributed by atoms with van der Waals surface area (Å²) in [6.45, 7) is -0.0235. The predicted octanol–water partition coefficient (Wildman–Crippen LogP) is 5.13. The van der Waals surface area contributed by atoms with Gasteiger partial charge in [0, 0.05) is 15.6 Å². The summed E-state index contributed by atoms with van der Waals surface area (Å²) in [7, 11) is 0. The van der Waals surface area contributed by atoms with Crippen LogP contribution in [0.5, 0.6) is 5.75 Å². The van der Waals surface area contributed by atoms with E-state index >= 15 is 0 Å². The van der Waals surface area contributed by atoms with Crippen molar-refractivity contribution in [3.63, 3.8) is 0 Å². The topological polar surface area (TPSA) is 70.4 Å². The fourth-order valence-corrected chi connectivity index (χ4v) is 3.76. The first-order valence-corrected chi connectivity index (χ1v) is 9.35. The highest BCUT2D eigenvalue weighted by Crippen LogP contribution is 2.35. The van der Waals surface area contributed by atoms with Crippen molar-refractivity contribution in [2.75, 3.05) is 6.61 Å². The smallest absolute Gasteiger partial charge is 0.293 e. The Morgan fingerprint density at radius 3 is 2.41 bits per heavy atom. The van der Waals surface area contributed by atoms with Gasteiger partial charge in [-0.1, -0.05) is 41.4 Å². The molecule has 1 fully saturated rings. The number of carbonyl (C=O) groups excluding carboxylic acids is 2. The van der Waals surface area contributed by atoms with Crippen LogP contribution in [0.2, 0.25) is 10.0 Å². The van der Waals surface area contributed by atoms with Crippen molar-refractivity contribution in [2.24, 2.45) is 0 Å². The van der Waals surface area contributed by atoms with Gasteiger partial charge in [-0.15, -0.1) is 0 Å². The molecule has 1 aliphatic heterocycles. The molecule has 27 heavy (non-hydrogen) atoms. The number of ether oxygens (including phenoxy) is 1. The second kappa shape index (κ2) is 8.49. The number of halogens is 2. The number of nitrogens with zero attached hydrogens (tertiary/aromatic N) is 2. The Morgan fingerprint density at radius 2 is 1.78 bits per heavy atom. The quantitative estimate of drug-likeness (QED) is 0.629. The average Bonchev–Trinajstić information content (AvgIpc) is 2.91. The number of imide groups is 1. The van der Waals surface area contributed by atoms with Gasteiger partial charge in [0.25, 0.3) is 11.1 Å². The molecule has 0 radical (unpaired) electrons. The van der Waals surface area contributed by atoms with Crippen molar-refractivity contribution < 1.29 is 14.3 Å². The summed E-state index contributed by atoms with van der Waals surface area (Å²) in [4.78, 5) is 26.3. The largest absolute Gasteiger partial charge is 0.479 e. The van der Waals surface area contributed by atoms with Gasteiger partial charge in [-0.05, 0) is 47.7 Å². The molecule has 1 heterocycles. The molecule has 5 nitrogen and oxygen atoms in total. The molecule has 0 bridgehead atoms. The maximum atomic E-state index is 12.6. The molecule has 0 spiro atoms. The minimum absolute atomic E-state index is 0.0153. The molecular weight excluding hydrogens is 407 g/mol. The SMILES string of the molecule is N#CCOc1ccc(/C=C2\SC(=O)N(Cc3c(Cl)cccc3Cl)C2=O)cc1. The third kappa shape index (κ3) is 4.45. The number of hydrogen-bond donors (Lipinski definition) is 0. The molecule has 2 amide bonds. The lowest BCUT2D eigenvalue weighted by molar-refractivity contribution is -0.123. The van der Waals surface area contributed by atoms with Gasteiger partial charge < -0.3 is 4.74 Å². The molecule has 8 heteroatoms. The lowest BCUT2D eigenvalue weighted by atomic mass is 10.2. The Balaban J connectivity index is 1.77. The second-order valence-electron chi connectivity index (χ2n) is 5.48. The van der Waals surface area contributed by atoms with E-state index in [2.05, 4.69) is 0 Å². The third-order valence-corrected chi connectivity index (χ3v) is 5.35. The van der Waals surface area contributed by atoms with Gasteiger partial charge in [0.15, 0.2) is 6.61 Å². The van der Waals surface area contributed by atoms with E-state index in [1.807, 2.05) is 6.07 Å². The summed E-state index contributed by atoms with van der Waals surface area (Å²) in [6, 6.07) is 13.8. The van der Waals surface area contributed by atoms with E-state index in [-0.39, 0.29) is 18.4 Å². The fraction of sp³-hybridized carbons (Fsp3) is 0.105. The van der Waals surface area contributed by atoms with Crippen LogP contribution < -0.4 is 4.74 Å². The zero-order chi connectivity index (χ0) is 19.4. The zero-order valence-electron chi connectivity index (χ0n) is 13.8. The normalized spacial score (nSPS) is 15.3. The zero-order valence-corrected chi connectivity index (χ0v) is 16.1. The number of amides is 2. The highest BCUT2D eigenvalue weighted by molar-refractivity contribution is 8.18. The highest BCUT2D eigenvalue weighted by atomic mass is 35.5. The predicted molar refractivity (Wildman–Crippen MR) is 106 cm³/mol. The first-order valence-electron chi connectivity index (χ1n) is 7.77. The third-order valence-electron chi connectivity index (χ3n) is 3.73. The average molecular weight is 419 g/mol. The Kier molecular flexibility index (Phi) is 6.07. The number of nitriles is 1. The van der Waals surface area contributed by atoms with Crippen LogP contribution >= 0.6 is 35.0 Å². The minimum Gasteiger partial charge on any atom is -0.479 e. The maximum Gasteiger partial charge on any atom is 0.293 e. The van der Waals surface area contributed by atoms with E-state index in [1.54, 1.807) is 48.5 Å². The molecule has 1 saturated heterocycles. The van der Waals surface area contributed by atoms with E-state index in [0.717, 1.165) is 22.2 Å². The van der Waals surface area contributed by atoms with Crippen LogP contribution in [0.1, 0.15) is 11.1 Å². The van der Waals surface area contributed by atoms with Gasteiger partial charge in [-0.2, -0.15) is 5.26 Å². The molecule has 136 valence electrons. The van der Waals surface area contributed by atoms with Crippen LogP contribution in [-0.4, -0.2) is 22.7 Å². The van der Waals surface area contributed by atoms with Gasteiger partial charge in [-0.3, -0.25) is 14.5 Å². The number of carbonyl (C=O) groups is 2. The first-order chi connectivity index (χ1) is 13.0. The standard InChI is InChI=1S/C19H12Cl2N2O3S/c20-15-2-1-3-16(21)14(15)11-23-18(24)17(27-19(23)25)10-12-4-6-13(7-5-12)26-9-8-22/h1-7,10H,9,11H2/b17-10-. The summed E-state index contributed by atoms with van der Waals surface area (Å²) in [5.41, 5.74) is 1.27. The van der Waals surface area contributed by atoms with E-state index in [9.17, 15) is 9.59 Å². The molecule has 2 aromatic rings. The molecule has 0 aromatic heterocycles. The lowest BCUT2D eigenvalue weighted by Gasteiger charge is -2.14. The van der Waals surface area contributed by atoms with Crippen molar-refractivity contribution in [3.8, 4) is 11.8 Å². The molecule has 0 unspecified atom stereocenters. The van der Waals surface area contributed by atoms with Gasteiger partial charge in [0.2, 0.25) is 0 Å². The first kappa shape index (κ1) is 19.3. The van der Waals surface area contributed by atoms with Gasteiger partial charge in [-0.25, -0.2) is 0 Å². The van der Waals surface area contributed by atoms with Crippen LogP contribution in [0.4, 0.5) is 4.79 Å². The van der Waals surface area contributed by atoms with Crippen LogP contribution in [-0.2, 0) is 11.3 Å². The number of benzene rings is 2. The number of rotatable bonds is 5. The summed E-state index contributed by atoms with van der Waals surface area (Å²) in [5.74, 6) is 0.154. The Labute approximate surface area is 170 Å². The molecule has 0 atom stereocenters. The summed E-state index contributed by atoms with van der Waals surface area (Å²) in [6.07, 6.45) is 1.63. The van der Waals surface area contributed by atoms with Crippen LogP contribution in [0.15, 0.2) is 47.4 Å². The highest BCUT2D eigenvalue weighted by Gasteiger charge is 2.35. The van der Waals surface area contributed by atoms with E-state index in [1.165, 1.54) is 0 Å². The van der Waals surface area contributed by atoms with Crippen molar-refractivity contribution in [3.05, 3.63) is 68.5 Å². The fourth-order valence-electron chi connectivity index (χ4n) is 2.41. The van der Waals surface area contributed by atoms with E-state index in [4.69, 9.17) is 33.2 Å². The number of hydrogen-bond acceptors (Lipinski definition) is 5.